The predicted molar refractivity (Wildman–Crippen MR) is 253 cm³/mol. The molecule has 77 heavy (non-hydrogen) atoms. The summed E-state index contributed by atoms with van der Waals surface area (Å²) in [4.78, 5) is 147. The molecule has 17 N–H and O–H groups in total. The van der Waals surface area contributed by atoms with Crippen molar-refractivity contribution < 1.29 is 115 Å². The van der Waals surface area contributed by atoms with E-state index in [1.807, 2.05) is 4.98 Å². The standard InChI is InChI=1S/C40H65N9O26P2/c1-16(32(57)44-18(3)37(61)62)43-35(60)21(8-6-7-12-41)46-25(52)10-9-22(38(63)64)47-33(58)17(2)42-34(59)19(4)71-31-27(45-20(5)51)39(73-23(14-50)29(31)55)74-77(68,69)75-76(66,67)70-15-24-28(54)30(56)36(72-24)49-13-11-26(53)48-40(49)65/h11,13,16-19,21-24,27-31,36,39,50,54-56H,6-10,12,14-15,41H2,1-5H3,(H,42,59)(H,43,60)(H,44,57)(H,45,51)(H,46,52)(H,47,58)(H,61,62)(H,63,64)(H,66,67)(H,68,69)(H,48,53,65)/t16-,17+,18-,19?,21+,22-,23-,24-,27-,28-,29-,30-,31-,36-,39-/m1/s1. The molecule has 1 aromatic heterocycles. The molecule has 2 aliphatic rings. The lowest BCUT2D eigenvalue weighted by Crippen LogP contribution is -2.66. The van der Waals surface area contributed by atoms with Crippen LogP contribution in [0.2, 0.25) is 0 Å². The average molecular weight is 1150 g/mol. The zero-order chi connectivity index (χ0) is 58.3. The Labute approximate surface area is 436 Å². The number of aliphatic hydroxyl groups is 4. The van der Waals surface area contributed by atoms with Crippen molar-refractivity contribution in [1.29, 1.82) is 0 Å². The highest BCUT2D eigenvalue weighted by Gasteiger charge is 2.52. The molecule has 37 heteroatoms. The minimum atomic E-state index is -5.95. The molecule has 0 saturated carbocycles. The van der Waals surface area contributed by atoms with E-state index in [2.05, 4.69) is 40.7 Å². The molecule has 17 atom stereocenters. The topological polar surface area (TPSA) is 541 Å². The van der Waals surface area contributed by atoms with Crippen molar-refractivity contribution in [2.45, 2.75) is 158 Å². The van der Waals surface area contributed by atoms with E-state index in [1.54, 1.807) is 0 Å². The normalized spacial score (nSPS) is 26.2. The summed E-state index contributed by atoms with van der Waals surface area (Å²) < 4.78 is 57.0. The summed E-state index contributed by atoms with van der Waals surface area (Å²) in [6.45, 7) is 3.53. The molecule has 2 saturated heterocycles. The van der Waals surface area contributed by atoms with Crippen LogP contribution in [0.3, 0.4) is 0 Å². The van der Waals surface area contributed by atoms with Crippen LogP contribution in [0.4, 0.5) is 0 Å². The van der Waals surface area contributed by atoms with Crippen molar-refractivity contribution in [3.8, 4) is 0 Å². The van der Waals surface area contributed by atoms with Gasteiger partial charge in [-0.25, -0.2) is 18.7 Å². The molecule has 0 aliphatic carbocycles. The molecule has 2 fully saturated rings. The van der Waals surface area contributed by atoms with Crippen LogP contribution in [0.5, 0.6) is 0 Å². The fourth-order valence-electron chi connectivity index (χ4n) is 7.24. The first-order chi connectivity index (χ1) is 35.8. The van der Waals surface area contributed by atoms with Crippen LogP contribution < -0.4 is 48.9 Å². The molecule has 3 unspecified atom stereocenters. The van der Waals surface area contributed by atoms with Crippen molar-refractivity contribution in [1.82, 2.24) is 41.5 Å². The number of carboxylic acid groups (broad SMARTS) is 2. The minimum absolute atomic E-state index is 0.0339. The first-order valence-corrected chi connectivity index (χ1v) is 26.4. The van der Waals surface area contributed by atoms with Gasteiger partial charge in [0.25, 0.3) is 5.56 Å². The molecule has 0 radical (unpaired) electrons. The number of unbranched alkanes of at least 4 members (excludes halogenated alkanes) is 1. The van der Waals surface area contributed by atoms with Gasteiger partial charge in [0, 0.05) is 25.6 Å². The number of ether oxygens (including phenoxy) is 3. The van der Waals surface area contributed by atoms with Gasteiger partial charge in [-0.05, 0) is 59.9 Å². The Bertz CT molecular complexity index is 2480. The van der Waals surface area contributed by atoms with E-state index in [1.165, 1.54) is 13.8 Å². The predicted octanol–water partition coefficient (Wildman–Crippen LogP) is -6.68. The van der Waals surface area contributed by atoms with Crippen molar-refractivity contribution >= 4 is 63.0 Å². The van der Waals surface area contributed by atoms with Gasteiger partial charge in [0.05, 0.1) is 13.2 Å². The lowest BCUT2D eigenvalue weighted by Gasteiger charge is -2.44. The van der Waals surface area contributed by atoms with Crippen LogP contribution in [-0.4, -0.2) is 202 Å². The molecule has 2 aliphatic heterocycles. The largest absolute Gasteiger partial charge is 0.483 e. The van der Waals surface area contributed by atoms with Crippen molar-refractivity contribution in [3.05, 3.63) is 33.1 Å². The fourth-order valence-corrected chi connectivity index (χ4v) is 9.40. The Kier molecular flexibility index (Phi) is 25.1. The van der Waals surface area contributed by atoms with Crippen LogP contribution in [0, 0.1) is 0 Å². The summed E-state index contributed by atoms with van der Waals surface area (Å²) in [5.41, 5.74) is 3.66. The van der Waals surface area contributed by atoms with Gasteiger partial charge in [-0.1, -0.05) is 0 Å². The Morgan fingerprint density at radius 3 is 1.95 bits per heavy atom. The number of nitrogens with one attached hydrogen (secondary N) is 7. The zero-order valence-corrected chi connectivity index (χ0v) is 43.6. The number of aliphatic hydroxyl groups excluding tert-OH is 4. The van der Waals surface area contributed by atoms with E-state index in [-0.39, 0.29) is 13.0 Å². The number of aliphatic carboxylic acids is 2. The van der Waals surface area contributed by atoms with Crippen molar-refractivity contribution in [2.24, 2.45) is 5.73 Å². The second-order valence-electron chi connectivity index (χ2n) is 17.5. The zero-order valence-electron chi connectivity index (χ0n) is 41.8. The van der Waals surface area contributed by atoms with Gasteiger partial charge in [0.1, 0.15) is 79.0 Å². The Morgan fingerprint density at radius 2 is 1.38 bits per heavy atom. The number of carboxylic acids is 2. The maximum Gasteiger partial charge on any atom is 0.483 e. The second-order valence-corrected chi connectivity index (χ2v) is 20.5. The van der Waals surface area contributed by atoms with Crippen LogP contribution in [0.25, 0.3) is 0 Å². The Morgan fingerprint density at radius 1 is 0.766 bits per heavy atom. The lowest BCUT2D eigenvalue weighted by atomic mass is 9.96. The maximum absolute atomic E-state index is 13.4. The highest BCUT2D eigenvalue weighted by molar-refractivity contribution is 7.61. The van der Waals surface area contributed by atoms with Crippen LogP contribution in [-0.2, 0) is 75.1 Å². The number of hydrogen-bond donors (Lipinski definition) is 16. The number of aromatic nitrogens is 2. The van der Waals surface area contributed by atoms with Crippen LogP contribution in [0.15, 0.2) is 21.9 Å². The van der Waals surface area contributed by atoms with Crippen molar-refractivity contribution in [2.75, 3.05) is 19.8 Å². The number of nitrogens with zero attached hydrogens (tertiary/aromatic N) is 1. The number of phosphoric acid groups is 2. The molecule has 3 heterocycles. The third kappa shape index (κ3) is 20.0. The highest BCUT2D eigenvalue weighted by atomic mass is 31.3. The molecule has 35 nitrogen and oxygen atoms in total. The van der Waals surface area contributed by atoms with E-state index in [4.69, 9.17) is 29.6 Å². The SMILES string of the molecule is CC(=O)N[C@H]1[C@@H](OP(=O)(O)OP(=O)(O)OC[C@H]2O[C@@H](n3ccc(=O)[nH]c3=O)[C@H](O)[C@@H]2O)O[C@H](CO)[C@@H](O)[C@@H]1OC(C)C(=O)N[C@@H](C)C(=O)N[C@H](CCC(=O)N[C@@H](CCCCN)C(=O)N[C@H](C)C(=O)N[C@H](C)C(=O)O)C(=O)O. The average Bonchev–Trinajstić information content (AvgIpc) is 3.61. The number of aromatic amines is 1. The van der Waals surface area contributed by atoms with Gasteiger partial charge in [-0.2, -0.15) is 4.31 Å². The summed E-state index contributed by atoms with van der Waals surface area (Å²) in [5, 5.41) is 74.4. The van der Waals surface area contributed by atoms with Gasteiger partial charge in [-0.3, -0.25) is 57.0 Å². The third-order valence-electron chi connectivity index (χ3n) is 11.4. The summed E-state index contributed by atoms with van der Waals surface area (Å²) in [6.07, 6.45) is -16.4. The number of nitrogens with two attached hydrogens (primary N) is 1. The summed E-state index contributed by atoms with van der Waals surface area (Å²) in [7, 11) is -11.7. The van der Waals surface area contributed by atoms with E-state index >= 15 is 0 Å². The molecular formula is C40H65N9O26P2. The number of carbonyl (C=O) groups excluding carboxylic acids is 6. The van der Waals surface area contributed by atoms with Crippen LogP contribution >= 0.6 is 15.6 Å². The Hall–Kier alpha value is -5.62. The first-order valence-electron chi connectivity index (χ1n) is 23.4. The van der Waals surface area contributed by atoms with Gasteiger partial charge in [-0.15, -0.1) is 0 Å². The monoisotopic (exact) mass is 1150 g/mol. The van der Waals surface area contributed by atoms with Gasteiger partial charge in [0.2, 0.25) is 35.4 Å². The number of carbonyl (C=O) groups is 8. The third-order valence-corrected chi connectivity index (χ3v) is 14.0. The van der Waals surface area contributed by atoms with E-state index in [0.29, 0.717) is 17.4 Å². The molecule has 3 rings (SSSR count). The summed E-state index contributed by atoms with van der Waals surface area (Å²) in [6, 6.07) is -8.13. The van der Waals surface area contributed by atoms with Gasteiger partial charge in [0.15, 0.2) is 12.5 Å². The number of amides is 6. The van der Waals surface area contributed by atoms with Crippen molar-refractivity contribution in [3.63, 3.8) is 0 Å². The molecule has 436 valence electrons. The number of H-pyrrole nitrogens is 1. The van der Waals surface area contributed by atoms with Crippen LogP contribution in [0.1, 0.15) is 73.0 Å². The quantitative estimate of drug-likeness (QED) is 0.0251. The number of rotatable bonds is 30. The smallest absolute Gasteiger partial charge is 0.480 e. The van der Waals surface area contributed by atoms with E-state index in [9.17, 15) is 92.4 Å². The molecule has 1 aromatic rings. The first kappa shape index (κ1) is 65.7. The molecule has 0 aromatic carbocycles. The van der Waals surface area contributed by atoms with E-state index < -0.39 is 192 Å². The summed E-state index contributed by atoms with van der Waals surface area (Å²) >= 11 is 0. The maximum atomic E-state index is 13.4. The Balaban J connectivity index is 1.65. The molecular weight excluding hydrogens is 1080 g/mol. The van der Waals surface area contributed by atoms with Gasteiger partial charge >= 0.3 is 33.3 Å². The lowest BCUT2D eigenvalue weighted by molar-refractivity contribution is -0.261. The fraction of sp³-hybridized carbons (Fsp3) is 0.700. The molecule has 6 amide bonds. The molecule has 0 bridgehead atoms. The summed E-state index contributed by atoms with van der Waals surface area (Å²) in [5.74, 6) is -8.67. The second kappa shape index (κ2) is 29.4. The number of hydrogen-bond acceptors (Lipinski definition) is 23. The number of phosphoric ester groups is 2. The van der Waals surface area contributed by atoms with Gasteiger partial charge < -0.3 is 92.3 Å². The highest BCUT2D eigenvalue weighted by Crippen LogP contribution is 2.61. The molecule has 0 spiro atoms. The van der Waals surface area contributed by atoms with E-state index in [0.717, 1.165) is 33.0 Å². The minimum Gasteiger partial charge on any atom is -0.480 e.